The Morgan fingerprint density at radius 3 is 2.83 bits per heavy atom. The summed E-state index contributed by atoms with van der Waals surface area (Å²) in [6, 6.07) is 5.74. The summed E-state index contributed by atoms with van der Waals surface area (Å²) >= 11 is 12.1. The SMILES string of the molecule is CN=C(NCC1CCCN(C)C1)N(C)Cc1ccc(Cl)c(Cl)c1. The van der Waals surface area contributed by atoms with E-state index in [2.05, 4.69) is 27.2 Å². The van der Waals surface area contributed by atoms with E-state index >= 15 is 0 Å². The van der Waals surface area contributed by atoms with E-state index in [0.29, 0.717) is 16.0 Å². The number of guanidine groups is 1. The number of nitrogens with one attached hydrogen (secondary N) is 1. The molecule has 23 heavy (non-hydrogen) atoms. The number of nitrogens with zero attached hydrogens (tertiary/aromatic N) is 3. The Morgan fingerprint density at radius 1 is 1.39 bits per heavy atom. The fraction of sp³-hybridized carbons (Fsp3) is 0.588. The van der Waals surface area contributed by atoms with Crippen LogP contribution in [0.15, 0.2) is 23.2 Å². The summed E-state index contributed by atoms with van der Waals surface area (Å²) in [5.74, 6) is 1.59. The van der Waals surface area contributed by atoms with Crippen molar-refractivity contribution in [2.75, 3.05) is 40.8 Å². The van der Waals surface area contributed by atoms with Crippen LogP contribution in [-0.2, 0) is 6.54 Å². The molecule has 1 fully saturated rings. The first-order valence-electron chi connectivity index (χ1n) is 8.04. The Kier molecular flexibility index (Phi) is 7.00. The Balaban J connectivity index is 1.88. The summed E-state index contributed by atoms with van der Waals surface area (Å²) < 4.78 is 0. The van der Waals surface area contributed by atoms with Crippen molar-refractivity contribution in [2.45, 2.75) is 19.4 Å². The normalized spacial score (nSPS) is 19.7. The smallest absolute Gasteiger partial charge is 0.193 e. The molecule has 1 aliphatic rings. The topological polar surface area (TPSA) is 30.9 Å². The molecule has 0 radical (unpaired) electrons. The standard InChI is InChI=1S/C17H26Cl2N4/c1-20-17(21-10-14-5-4-8-22(2)11-14)23(3)12-13-6-7-15(18)16(19)9-13/h6-7,9,14H,4-5,8,10-12H2,1-3H3,(H,20,21). The van der Waals surface area contributed by atoms with Crippen molar-refractivity contribution in [3.8, 4) is 0 Å². The van der Waals surface area contributed by atoms with Crippen LogP contribution in [0.2, 0.25) is 10.0 Å². The lowest BCUT2D eigenvalue weighted by Crippen LogP contribution is -2.44. The molecule has 0 spiro atoms. The van der Waals surface area contributed by atoms with Crippen molar-refractivity contribution in [1.82, 2.24) is 15.1 Å². The summed E-state index contributed by atoms with van der Waals surface area (Å²) in [5, 5.41) is 4.67. The highest BCUT2D eigenvalue weighted by atomic mass is 35.5. The third-order valence-corrected chi connectivity index (χ3v) is 4.99. The number of benzene rings is 1. The van der Waals surface area contributed by atoms with Gasteiger partial charge in [0.05, 0.1) is 10.0 Å². The zero-order valence-electron chi connectivity index (χ0n) is 14.1. The summed E-state index contributed by atoms with van der Waals surface area (Å²) in [6.07, 6.45) is 2.56. The number of hydrogen-bond acceptors (Lipinski definition) is 2. The van der Waals surface area contributed by atoms with Crippen LogP contribution in [0.4, 0.5) is 0 Å². The number of aliphatic imine (C=N–C) groups is 1. The first-order valence-corrected chi connectivity index (χ1v) is 8.79. The average Bonchev–Trinajstić information content (AvgIpc) is 2.51. The lowest BCUT2D eigenvalue weighted by Gasteiger charge is -2.31. The predicted molar refractivity (Wildman–Crippen MR) is 99.5 cm³/mol. The fourth-order valence-electron chi connectivity index (χ4n) is 3.05. The van der Waals surface area contributed by atoms with E-state index in [1.807, 2.05) is 32.3 Å². The third kappa shape index (κ3) is 5.55. The minimum atomic E-state index is 0.585. The van der Waals surface area contributed by atoms with Crippen LogP contribution in [0.3, 0.4) is 0 Å². The average molecular weight is 357 g/mol. The van der Waals surface area contributed by atoms with E-state index in [-0.39, 0.29) is 0 Å². The maximum atomic E-state index is 6.09. The van der Waals surface area contributed by atoms with Crippen LogP contribution < -0.4 is 5.32 Å². The van der Waals surface area contributed by atoms with Gasteiger partial charge in [-0.05, 0) is 50.0 Å². The molecule has 1 unspecified atom stereocenters. The van der Waals surface area contributed by atoms with Crippen LogP contribution >= 0.6 is 23.2 Å². The van der Waals surface area contributed by atoms with Crippen LogP contribution in [0.25, 0.3) is 0 Å². The molecule has 0 aromatic heterocycles. The largest absolute Gasteiger partial charge is 0.356 e. The minimum absolute atomic E-state index is 0.585. The molecule has 1 saturated heterocycles. The second kappa shape index (κ2) is 8.76. The highest BCUT2D eigenvalue weighted by Gasteiger charge is 2.18. The Hall–Kier alpha value is -0.970. The Bertz CT molecular complexity index is 547. The summed E-state index contributed by atoms with van der Waals surface area (Å²) in [6.45, 7) is 4.06. The Morgan fingerprint density at radius 2 is 2.17 bits per heavy atom. The van der Waals surface area contributed by atoms with Gasteiger partial charge >= 0.3 is 0 Å². The summed E-state index contributed by atoms with van der Waals surface area (Å²) in [4.78, 5) is 8.89. The van der Waals surface area contributed by atoms with Crippen molar-refractivity contribution >= 4 is 29.2 Å². The van der Waals surface area contributed by atoms with Crippen LogP contribution in [0, 0.1) is 5.92 Å². The molecule has 128 valence electrons. The second-order valence-electron chi connectivity index (χ2n) is 6.30. The molecule has 1 aliphatic heterocycles. The van der Waals surface area contributed by atoms with E-state index in [1.54, 1.807) is 0 Å². The molecule has 0 saturated carbocycles. The molecule has 0 aliphatic carbocycles. The lowest BCUT2D eigenvalue weighted by molar-refractivity contribution is 0.209. The van der Waals surface area contributed by atoms with Crippen molar-refractivity contribution < 1.29 is 0 Å². The molecule has 1 atom stereocenters. The van der Waals surface area contributed by atoms with E-state index in [0.717, 1.165) is 31.2 Å². The zero-order chi connectivity index (χ0) is 16.8. The molecule has 6 heteroatoms. The maximum absolute atomic E-state index is 6.09. The zero-order valence-corrected chi connectivity index (χ0v) is 15.7. The highest BCUT2D eigenvalue weighted by Crippen LogP contribution is 2.23. The van der Waals surface area contributed by atoms with Gasteiger partial charge in [0.15, 0.2) is 5.96 Å². The number of piperidine rings is 1. The van der Waals surface area contributed by atoms with Gasteiger partial charge in [-0.1, -0.05) is 29.3 Å². The maximum Gasteiger partial charge on any atom is 0.193 e. The van der Waals surface area contributed by atoms with Crippen LogP contribution in [0.1, 0.15) is 18.4 Å². The number of rotatable bonds is 4. The van der Waals surface area contributed by atoms with Gasteiger partial charge in [-0.25, -0.2) is 0 Å². The monoisotopic (exact) mass is 356 g/mol. The Labute approximate surface area is 149 Å². The quantitative estimate of drug-likeness (QED) is 0.662. The van der Waals surface area contributed by atoms with Crippen LogP contribution in [0.5, 0.6) is 0 Å². The third-order valence-electron chi connectivity index (χ3n) is 4.25. The minimum Gasteiger partial charge on any atom is -0.356 e. The van der Waals surface area contributed by atoms with Gasteiger partial charge in [-0.2, -0.15) is 0 Å². The molecule has 0 amide bonds. The second-order valence-corrected chi connectivity index (χ2v) is 7.12. The van der Waals surface area contributed by atoms with Gasteiger partial charge < -0.3 is 15.1 Å². The summed E-state index contributed by atoms with van der Waals surface area (Å²) in [5.41, 5.74) is 1.11. The molecule has 0 bridgehead atoms. The molecule has 1 aromatic carbocycles. The van der Waals surface area contributed by atoms with E-state index in [9.17, 15) is 0 Å². The van der Waals surface area contributed by atoms with Gasteiger partial charge in [0.2, 0.25) is 0 Å². The van der Waals surface area contributed by atoms with Crippen molar-refractivity contribution in [3.05, 3.63) is 33.8 Å². The van der Waals surface area contributed by atoms with Crippen LogP contribution in [-0.4, -0.2) is 56.5 Å². The molecular weight excluding hydrogens is 331 g/mol. The molecule has 4 nitrogen and oxygen atoms in total. The molecule has 1 aromatic rings. The molecule has 1 N–H and O–H groups in total. The first-order chi connectivity index (χ1) is 11.0. The molecule has 1 heterocycles. The lowest BCUT2D eigenvalue weighted by atomic mass is 9.98. The summed E-state index contributed by atoms with van der Waals surface area (Å²) in [7, 11) is 6.04. The number of halogens is 2. The van der Waals surface area contributed by atoms with Gasteiger partial charge in [0.1, 0.15) is 0 Å². The van der Waals surface area contributed by atoms with Gasteiger partial charge in [-0.3, -0.25) is 4.99 Å². The fourth-order valence-corrected chi connectivity index (χ4v) is 3.37. The van der Waals surface area contributed by atoms with E-state index < -0.39 is 0 Å². The van der Waals surface area contributed by atoms with E-state index in [1.165, 1.54) is 19.4 Å². The van der Waals surface area contributed by atoms with Crippen molar-refractivity contribution in [3.63, 3.8) is 0 Å². The molecular formula is C17H26Cl2N4. The predicted octanol–water partition coefficient (Wildman–Crippen LogP) is 3.34. The van der Waals surface area contributed by atoms with Gasteiger partial charge in [0.25, 0.3) is 0 Å². The number of hydrogen-bond donors (Lipinski definition) is 1. The van der Waals surface area contributed by atoms with E-state index in [4.69, 9.17) is 23.2 Å². The highest BCUT2D eigenvalue weighted by molar-refractivity contribution is 6.42. The number of likely N-dealkylation sites (tertiary alicyclic amines) is 1. The van der Waals surface area contributed by atoms with Gasteiger partial charge in [-0.15, -0.1) is 0 Å². The van der Waals surface area contributed by atoms with Crippen molar-refractivity contribution in [1.29, 1.82) is 0 Å². The van der Waals surface area contributed by atoms with Crippen molar-refractivity contribution in [2.24, 2.45) is 10.9 Å². The molecule has 2 rings (SSSR count). The first kappa shape index (κ1) is 18.4. The van der Waals surface area contributed by atoms with Gasteiger partial charge in [0, 0.05) is 33.7 Å².